The first kappa shape index (κ1) is 14.7. The summed E-state index contributed by atoms with van der Waals surface area (Å²) in [7, 11) is 0. The number of aryl methyl sites for hydroxylation is 2. The summed E-state index contributed by atoms with van der Waals surface area (Å²) >= 11 is 0. The summed E-state index contributed by atoms with van der Waals surface area (Å²) in [6.45, 7) is 2.14. The number of benzene rings is 1. The van der Waals surface area contributed by atoms with Gasteiger partial charge >= 0.3 is 0 Å². The zero-order valence-corrected chi connectivity index (χ0v) is 12.8. The standard InChI is InChI=1S/C18H21NO3/c1-13(18(20)19-12-17-7-4-10-21-17)22-16-9-8-14-5-2-3-6-15(14)11-16/h4,7-11,13H,2-3,5-6,12H2,1H3,(H,19,20)/t13-/m1/s1. The third-order valence-electron chi connectivity index (χ3n) is 4.02. The molecule has 2 aromatic rings. The highest BCUT2D eigenvalue weighted by molar-refractivity contribution is 5.80. The molecule has 1 heterocycles. The van der Waals surface area contributed by atoms with Gasteiger partial charge in [-0.2, -0.15) is 0 Å². The summed E-state index contributed by atoms with van der Waals surface area (Å²) in [4.78, 5) is 12.1. The van der Waals surface area contributed by atoms with E-state index in [-0.39, 0.29) is 5.91 Å². The van der Waals surface area contributed by atoms with E-state index in [4.69, 9.17) is 9.15 Å². The maximum atomic E-state index is 12.1. The Kier molecular flexibility index (Phi) is 4.47. The molecule has 1 aromatic heterocycles. The van der Waals surface area contributed by atoms with Crippen molar-refractivity contribution in [2.75, 3.05) is 0 Å². The van der Waals surface area contributed by atoms with Crippen LogP contribution in [-0.2, 0) is 24.2 Å². The molecule has 1 amide bonds. The number of furan rings is 1. The van der Waals surface area contributed by atoms with Crippen LogP contribution in [0.1, 0.15) is 36.7 Å². The normalized spacial score (nSPS) is 15.0. The van der Waals surface area contributed by atoms with E-state index in [1.165, 1.54) is 24.0 Å². The lowest BCUT2D eigenvalue weighted by Gasteiger charge is -2.19. The molecule has 0 fully saturated rings. The van der Waals surface area contributed by atoms with Gasteiger partial charge < -0.3 is 14.5 Å². The van der Waals surface area contributed by atoms with Gasteiger partial charge in [0, 0.05) is 0 Å². The molecule has 0 bridgehead atoms. The fraction of sp³-hybridized carbons (Fsp3) is 0.389. The Bertz CT molecular complexity index is 634. The van der Waals surface area contributed by atoms with Crippen molar-refractivity contribution >= 4 is 5.91 Å². The molecule has 1 aromatic carbocycles. The predicted octanol–water partition coefficient (Wildman–Crippen LogP) is 3.24. The van der Waals surface area contributed by atoms with Crippen molar-refractivity contribution in [1.82, 2.24) is 5.32 Å². The smallest absolute Gasteiger partial charge is 0.261 e. The maximum absolute atomic E-state index is 12.1. The lowest BCUT2D eigenvalue weighted by atomic mass is 9.92. The number of amides is 1. The molecule has 116 valence electrons. The lowest BCUT2D eigenvalue weighted by Crippen LogP contribution is -2.35. The highest BCUT2D eigenvalue weighted by Crippen LogP contribution is 2.25. The fourth-order valence-corrected chi connectivity index (χ4v) is 2.77. The fourth-order valence-electron chi connectivity index (χ4n) is 2.77. The Hall–Kier alpha value is -2.23. The lowest BCUT2D eigenvalue weighted by molar-refractivity contribution is -0.127. The first-order valence-corrected chi connectivity index (χ1v) is 7.81. The minimum Gasteiger partial charge on any atom is -0.481 e. The molecule has 0 spiro atoms. The van der Waals surface area contributed by atoms with Gasteiger partial charge in [-0.05, 0) is 68.0 Å². The SMILES string of the molecule is C[C@@H](Oc1ccc2c(c1)CCCC2)C(=O)NCc1ccco1. The molecule has 0 radical (unpaired) electrons. The quantitative estimate of drug-likeness (QED) is 0.922. The number of hydrogen-bond acceptors (Lipinski definition) is 3. The number of fused-ring (bicyclic) bond motifs is 1. The largest absolute Gasteiger partial charge is 0.481 e. The second-order valence-electron chi connectivity index (χ2n) is 5.69. The maximum Gasteiger partial charge on any atom is 0.261 e. The van der Waals surface area contributed by atoms with Gasteiger partial charge in [-0.3, -0.25) is 4.79 Å². The van der Waals surface area contributed by atoms with E-state index in [0.29, 0.717) is 6.54 Å². The molecular weight excluding hydrogens is 278 g/mol. The number of carbonyl (C=O) groups excluding carboxylic acids is 1. The first-order chi connectivity index (χ1) is 10.7. The third-order valence-corrected chi connectivity index (χ3v) is 4.02. The molecule has 0 saturated heterocycles. The minimum absolute atomic E-state index is 0.144. The molecule has 22 heavy (non-hydrogen) atoms. The van der Waals surface area contributed by atoms with Crippen LogP contribution < -0.4 is 10.1 Å². The van der Waals surface area contributed by atoms with Crippen molar-refractivity contribution in [2.45, 2.75) is 45.3 Å². The Morgan fingerprint density at radius 2 is 2.09 bits per heavy atom. The first-order valence-electron chi connectivity index (χ1n) is 7.81. The molecule has 1 aliphatic carbocycles. The van der Waals surface area contributed by atoms with Gasteiger partial charge in [-0.25, -0.2) is 0 Å². The van der Waals surface area contributed by atoms with E-state index in [0.717, 1.165) is 24.4 Å². The van der Waals surface area contributed by atoms with Crippen LogP contribution in [0.2, 0.25) is 0 Å². The summed E-state index contributed by atoms with van der Waals surface area (Å²) in [5, 5.41) is 2.81. The molecule has 1 aliphatic rings. The molecule has 1 N–H and O–H groups in total. The molecule has 0 unspecified atom stereocenters. The van der Waals surface area contributed by atoms with Crippen LogP contribution in [0.25, 0.3) is 0 Å². The summed E-state index contributed by atoms with van der Waals surface area (Å²) in [5.74, 6) is 1.35. The van der Waals surface area contributed by atoms with E-state index in [1.54, 1.807) is 19.3 Å². The van der Waals surface area contributed by atoms with Crippen LogP contribution in [0.5, 0.6) is 5.75 Å². The summed E-state index contributed by atoms with van der Waals surface area (Å²) < 4.78 is 11.0. The summed E-state index contributed by atoms with van der Waals surface area (Å²) in [6.07, 6.45) is 5.81. The number of ether oxygens (including phenoxy) is 1. The van der Waals surface area contributed by atoms with Gasteiger partial charge in [0.25, 0.3) is 5.91 Å². The summed E-state index contributed by atoms with van der Waals surface area (Å²) in [5.41, 5.74) is 2.76. The number of nitrogens with one attached hydrogen (secondary N) is 1. The second kappa shape index (κ2) is 6.69. The Morgan fingerprint density at radius 3 is 2.86 bits per heavy atom. The van der Waals surface area contributed by atoms with Gasteiger partial charge in [0.15, 0.2) is 6.10 Å². The van der Waals surface area contributed by atoms with Crippen LogP contribution in [0, 0.1) is 0 Å². The van der Waals surface area contributed by atoms with Crippen molar-refractivity contribution in [2.24, 2.45) is 0 Å². The predicted molar refractivity (Wildman–Crippen MR) is 83.7 cm³/mol. The van der Waals surface area contributed by atoms with Crippen LogP contribution in [-0.4, -0.2) is 12.0 Å². The Balaban J connectivity index is 1.56. The Labute approximate surface area is 130 Å². The van der Waals surface area contributed by atoms with Crippen LogP contribution in [0.15, 0.2) is 41.0 Å². The van der Waals surface area contributed by atoms with Crippen molar-refractivity contribution in [3.8, 4) is 5.75 Å². The van der Waals surface area contributed by atoms with Gasteiger partial charge in [0.1, 0.15) is 11.5 Å². The molecule has 0 aliphatic heterocycles. The molecule has 3 rings (SSSR count). The number of hydrogen-bond donors (Lipinski definition) is 1. The molecule has 4 heteroatoms. The molecule has 4 nitrogen and oxygen atoms in total. The third kappa shape index (κ3) is 3.50. The van der Waals surface area contributed by atoms with Crippen molar-refractivity contribution in [3.63, 3.8) is 0 Å². The van der Waals surface area contributed by atoms with Gasteiger partial charge in [-0.15, -0.1) is 0 Å². The van der Waals surface area contributed by atoms with Crippen LogP contribution in [0.4, 0.5) is 0 Å². The van der Waals surface area contributed by atoms with Crippen molar-refractivity contribution in [1.29, 1.82) is 0 Å². The number of carbonyl (C=O) groups is 1. The van der Waals surface area contributed by atoms with Crippen molar-refractivity contribution < 1.29 is 13.9 Å². The van der Waals surface area contributed by atoms with Gasteiger partial charge in [-0.1, -0.05) is 6.07 Å². The second-order valence-corrected chi connectivity index (χ2v) is 5.69. The molecule has 0 saturated carbocycles. The summed E-state index contributed by atoms with van der Waals surface area (Å²) in [6, 6.07) is 9.78. The average Bonchev–Trinajstić information content (AvgIpc) is 3.06. The zero-order valence-electron chi connectivity index (χ0n) is 12.8. The molecule has 1 atom stereocenters. The van der Waals surface area contributed by atoms with Gasteiger partial charge in [0.2, 0.25) is 0 Å². The van der Waals surface area contributed by atoms with Crippen molar-refractivity contribution in [3.05, 3.63) is 53.5 Å². The van der Waals surface area contributed by atoms with E-state index in [1.807, 2.05) is 12.1 Å². The average molecular weight is 299 g/mol. The van der Waals surface area contributed by atoms with E-state index >= 15 is 0 Å². The van der Waals surface area contributed by atoms with E-state index in [9.17, 15) is 4.79 Å². The van der Waals surface area contributed by atoms with E-state index < -0.39 is 6.10 Å². The van der Waals surface area contributed by atoms with Crippen LogP contribution >= 0.6 is 0 Å². The topological polar surface area (TPSA) is 51.5 Å². The Morgan fingerprint density at radius 1 is 1.27 bits per heavy atom. The van der Waals surface area contributed by atoms with E-state index in [2.05, 4.69) is 17.4 Å². The van der Waals surface area contributed by atoms with Crippen LogP contribution in [0.3, 0.4) is 0 Å². The zero-order chi connectivity index (χ0) is 15.4. The number of rotatable bonds is 5. The highest BCUT2D eigenvalue weighted by Gasteiger charge is 2.16. The highest BCUT2D eigenvalue weighted by atomic mass is 16.5. The monoisotopic (exact) mass is 299 g/mol. The minimum atomic E-state index is -0.531. The molecular formula is C18H21NO3. The van der Waals surface area contributed by atoms with Gasteiger partial charge in [0.05, 0.1) is 12.8 Å².